The van der Waals surface area contributed by atoms with Gasteiger partial charge in [-0.3, -0.25) is 9.59 Å². The fourth-order valence-corrected chi connectivity index (χ4v) is 3.13. The minimum absolute atomic E-state index is 0.0343. The highest BCUT2D eigenvalue weighted by Crippen LogP contribution is 2.20. The second-order valence-corrected chi connectivity index (χ2v) is 6.85. The quantitative estimate of drug-likeness (QED) is 0.465. The topological polar surface area (TPSA) is 76.8 Å². The van der Waals surface area contributed by atoms with Crippen LogP contribution in [0.2, 0.25) is 0 Å². The maximum absolute atomic E-state index is 13.1. The molecule has 0 aliphatic carbocycles. The molecule has 4 rings (SSSR count). The molecule has 0 aliphatic rings. The average Bonchev–Trinajstić information content (AvgIpc) is 3.35. The number of amides is 1. The Morgan fingerprint density at radius 2 is 1.63 bits per heavy atom. The maximum Gasteiger partial charge on any atom is 0.290 e. The highest BCUT2D eigenvalue weighted by atomic mass is 79.9. The summed E-state index contributed by atoms with van der Waals surface area (Å²) in [5.74, 6) is 0.765. The molecule has 0 unspecified atom stereocenters. The Balaban J connectivity index is 1.70. The SMILES string of the molecule is O=C(c1cc(=O)c2cc(Br)ccc2o1)N(Cc1ccco1)Cc1ccco1. The van der Waals surface area contributed by atoms with Crippen molar-refractivity contribution in [3.8, 4) is 0 Å². The molecule has 0 bridgehead atoms. The Morgan fingerprint density at radius 3 is 2.22 bits per heavy atom. The fourth-order valence-electron chi connectivity index (χ4n) is 2.77. The standard InChI is InChI=1S/C20H14BrNO5/c21-13-5-6-18-16(9-13)17(23)10-19(27-18)20(24)22(11-14-3-1-7-25-14)12-15-4-2-8-26-15/h1-10H,11-12H2. The van der Waals surface area contributed by atoms with Crippen molar-refractivity contribution in [3.05, 3.63) is 93.0 Å². The second kappa shape index (κ2) is 7.28. The van der Waals surface area contributed by atoms with Crippen LogP contribution in [0.25, 0.3) is 11.0 Å². The van der Waals surface area contributed by atoms with E-state index >= 15 is 0 Å². The van der Waals surface area contributed by atoms with Crippen LogP contribution in [-0.4, -0.2) is 10.8 Å². The summed E-state index contributed by atoms with van der Waals surface area (Å²) in [5, 5.41) is 0.407. The summed E-state index contributed by atoms with van der Waals surface area (Å²) in [4.78, 5) is 27.0. The number of hydrogen-bond donors (Lipinski definition) is 0. The van der Waals surface area contributed by atoms with Gasteiger partial charge in [0.15, 0.2) is 11.2 Å². The number of carbonyl (C=O) groups excluding carboxylic acids is 1. The molecule has 4 aromatic rings. The molecule has 7 heteroatoms. The summed E-state index contributed by atoms with van der Waals surface area (Å²) < 4.78 is 17.2. The zero-order chi connectivity index (χ0) is 18.8. The van der Waals surface area contributed by atoms with E-state index in [-0.39, 0.29) is 24.3 Å². The monoisotopic (exact) mass is 427 g/mol. The first-order valence-electron chi connectivity index (χ1n) is 8.17. The van der Waals surface area contributed by atoms with Crippen molar-refractivity contribution < 1.29 is 18.0 Å². The minimum Gasteiger partial charge on any atom is -0.467 e. The average molecular weight is 428 g/mol. The molecular weight excluding hydrogens is 414 g/mol. The van der Waals surface area contributed by atoms with Crippen LogP contribution in [0.1, 0.15) is 22.1 Å². The van der Waals surface area contributed by atoms with E-state index in [2.05, 4.69) is 15.9 Å². The van der Waals surface area contributed by atoms with Gasteiger partial charge in [-0.15, -0.1) is 0 Å². The van der Waals surface area contributed by atoms with Crippen molar-refractivity contribution >= 4 is 32.8 Å². The summed E-state index contributed by atoms with van der Waals surface area (Å²) in [6.45, 7) is 0.434. The van der Waals surface area contributed by atoms with Gasteiger partial charge in [-0.2, -0.15) is 0 Å². The van der Waals surface area contributed by atoms with E-state index < -0.39 is 5.91 Å². The summed E-state index contributed by atoms with van der Waals surface area (Å²) in [5.41, 5.74) is 0.0712. The number of rotatable bonds is 5. The Bertz CT molecular complexity index is 1090. The number of furan rings is 2. The number of benzene rings is 1. The number of hydrogen-bond acceptors (Lipinski definition) is 5. The normalized spacial score (nSPS) is 11.0. The van der Waals surface area contributed by atoms with E-state index in [0.29, 0.717) is 22.5 Å². The smallest absolute Gasteiger partial charge is 0.290 e. The van der Waals surface area contributed by atoms with Crippen LogP contribution in [-0.2, 0) is 13.1 Å². The third kappa shape index (κ3) is 3.73. The van der Waals surface area contributed by atoms with E-state index in [1.54, 1.807) is 55.0 Å². The van der Waals surface area contributed by atoms with Crippen LogP contribution in [0.5, 0.6) is 0 Å². The van der Waals surface area contributed by atoms with E-state index in [0.717, 1.165) is 4.47 Å². The predicted octanol–water partition coefficient (Wildman–Crippen LogP) is 4.58. The predicted molar refractivity (Wildman–Crippen MR) is 101 cm³/mol. The van der Waals surface area contributed by atoms with Gasteiger partial charge in [0.1, 0.15) is 17.1 Å². The molecule has 0 atom stereocenters. The second-order valence-electron chi connectivity index (χ2n) is 5.94. The van der Waals surface area contributed by atoms with E-state index in [9.17, 15) is 9.59 Å². The summed E-state index contributed by atoms with van der Waals surface area (Å²) in [6, 6.07) is 13.3. The van der Waals surface area contributed by atoms with Crippen molar-refractivity contribution in [2.45, 2.75) is 13.1 Å². The van der Waals surface area contributed by atoms with Gasteiger partial charge in [-0.25, -0.2) is 0 Å². The van der Waals surface area contributed by atoms with E-state index in [1.807, 2.05) is 0 Å². The zero-order valence-electron chi connectivity index (χ0n) is 14.1. The molecular formula is C20H14BrNO5. The third-order valence-corrected chi connectivity index (χ3v) is 4.53. The van der Waals surface area contributed by atoms with Crippen LogP contribution in [0.4, 0.5) is 0 Å². The molecule has 0 aliphatic heterocycles. The first kappa shape index (κ1) is 17.4. The molecule has 0 radical (unpaired) electrons. The highest BCUT2D eigenvalue weighted by molar-refractivity contribution is 9.10. The van der Waals surface area contributed by atoms with Crippen LogP contribution >= 0.6 is 15.9 Å². The highest BCUT2D eigenvalue weighted by Gasteiger charge is 2.22. The molecule has 3 heterocycles. The van der Waals surface area contributed by atoms with Crippen molar-refractivity contribution in [1.29, 1.82) is 0 Å². The molecule has 6 nitrogen and oxygen atoms in total. The maximum atomic E-state index is 13.1. The lowest BCUT2D eigenvalue weighted by molar-refractivity contribution is 0.0673. The Morgan fingerprint density at radius 1 is 0.963 bits per heavy atom. The van der Waals surface area contributed by atoms with Gasteiger partial charge in [0.2, 0.25) is 0 Å². The van der Waals surface area contributed by atoms with Gasteiger partial charge < -0.3 is 18.2 Å². The summed E-state index contributed by atoms with van der Waals surface area (Å²) in [6.07, 6.45) is 3.08. The Labute approximate surface area is 162 Å². The molecule has 1 aromatic carbocycles. The molecule has 0 spiro atoms. The lowest BCUT2D eigenvalue weighted by atomic mass is 10.2. The van der Waals surface area contributed by atoms with Crippen LogP contribution < -0.4 is 5.43 Å². The third-order valence-electron chi connectivity index (χ3n) is 4.04. The zero-order valence-corrected chi connectivity index (χ0v) is 15.6. The van der Waals surface area contributed by atoms with Crippen molar-refractivity contribution in [2.75, 3.05) is 0 Å². The van der Waals surface area contributed by atoms with Crippen molar-refractivity contribution in [2.24, 2.45) is 0 Å². The van der Waals surface area contributed by atoms with Crippen molar-refractivity contribution in [1.82, 2.24) is 4.90 Å². The molecule has 136 valence electrons. The number of nitrogens with zero attached hydrogens (tertiary/aromatic N) is 1. The number of halogens is 1. The van der Waals surface area contributed by atoms with Gasteiger partial charge >= 0.3 is 0 Å². The van der Waals surface area contributed by atoms with Crippen LogP contribution in [0.15, 0.2) is 83.6 Å². The van der Waals surface area contributed by atoms with Crippen LogP contribution in [0.3, 0.4) is 0 Å². The van der Waals surface area contributed by atoms with Gasteiger partial charge in [0.05, 0.1) is 31.0 Å². The summed E-state index contributed by atoms with van der Waals surface area (Å²) in [7, 11) is 0. The number of carbonyl (C=O) groups is 1. The number of fused-ring (bicyclic) bond motifs is 1. The van der Waals surface area contributed by atoms with Gasteiger partial charge in [0.25, 0.3) is 5.91 Å². The van der Waals surface area contributed by atoms with Crippen molar-refractivity contribution in [3.63, 3.8) is 0 Å². The summed E-state index contributed by atoms with van der Waals surface area (Å²) >= 11 is 3.33. The molecule has 0 fully saturated rings. The fraction of sp³-hybridized carbons (Fsp3) is 0.100. The van der Waals surface area contributed by atoms with E-state index in [1.165, 1.54) is 11.0 Å². The minimum atomic E-state index is -0.426. The molecule has 0 saturated carbocycles. The van der Waals surface area contributed by atoms with Crippen LogP contribution in [0, 0.1) is 0 Å². The largest absolute Gasteiger partial charge is 0.467 e. The van der Waals surface area contributed by atoms with E-state index in [4.69, 9.17) is 13.3 Å². The molecule has 0 saturated heterocycles. The molecule has 3 aromatic heterocycles. The lowest BCUT2D eigenvalue weighted by Gasteiger charge is -2.20. The first-order chi connectivity index (χ1) is 13.1. The lowest BCUT2D eigenvalue weighted by Crippen LogP contribution is -2.30. The van der Waals surface area contributed by atoms with Gasteiger partial charge in [0, 0.05) is 10.5 Å². The molecule has 1 amide bonds. The van der Waals surface area contributed by atoms with Gasteiger partial charge in [-0.05, 0) is 42.5 Å². The Hall–Kier alpha value is -3.06. The first-order valence-corrected chi connectivity index (χ1v) is 8.97. The molecule has 0 N–H and O–H groups in total. The Kier molecular flexibility index (Phi) is 4.68. The van der Waals surface area contributed by atoms with Gasteiger partial charge in [-0.1, -0.05) is 15.9 Å². The molecule has 27 heavy (non-hydrogen) atoms.